The Bertz CT molecular complexity index is 151. The molecule has 0 aromatic heterocycles. The first-order valence-electron chi connectivity index (χ1n) is 4.12. The molecular formula is C8H16N2. The maximum absolute atomic E-state index is 3.55. The summed E-state index contributed by atoms with van der Waals surface area (Å²) in [6.07, 6.45) is 0. The van der Waals surface area contributed by atoms with Crippen molar-refractivity contribution in [2.75, 3.05) is 13.1 Å². The number of rotatable bonds is 0. The van der Waals surface area contributed by atoms with Crippen LogP contribution < -0.4 is 5.32 Å². The van der Waals surface area contributed by atoms with Crippen LogP contribution in [-0.2, 0) is 0 Å². The van der Waals surface area contributed by atoms with Crippen molar-refractivity contribution in [3.05, 3.63) is 0 Å². The summed E-state index contributed by atoms with van der Waals surface area (Å²) in [5.74, 6) is 0. The lowest BCUT2D eigenvalue weighted by Gasteiger charge is -2.62. The lowest BCUT2D eigenvalue weighted by atomic mass is 9.79. The molecule has 3 saturated heterocycles. The van der Waals surface area contributed by atoms with E-state index in [0.717, 1.165) is 12.1 Å². The highest BCUT2D eigenvalue weighted by Gasteiger charge is 2.50. The van der Waals surface area contributed by atoms with E-state index < -0.39 is 0 Å². The van der Waals surface area contributed by atoms with Crippen LogP contribution in [-0.4, -0.2) is 35.6 Å². The molecule has 58 valence electrons. The molecule has 3 aliphatic heterocycles. The Morgan fingerprint density at radius 1 is 1.50 bits per heavy atom. The van der Waals surface area contributed by atoms with Gasteiger partial charge in [-0.3, -0.25) is 4.90 Å². The van der Waals surface area contributed by atoms with Crippen LogP contribution in [0.15, 0.2) is 0 Å². The molecule has 1 N–H and O–H groups in total. The minimum absolute atomic E-state index is 0.428. The summed E-state index contributed by atoms with van der Waals surface area (Å²) in [6.45, 7) is 9.38. The average molecular weight is 140 g/mol. The highest BCUT2D eigenvalue weighted by Crippen LogP contribution is 2.35. The van der Waals surface area contributed by atoms with E-state index in [1.165, 1.54) is 13.1 Å². The summed E-state index contributed by atoms with van der Waals surface area (Å²) < 4.78 is 0. The third kappa shape index (κ3) is 0.611. The van der Waals surface area contributed by atoms with Crippen molar-refractivity contribution in [2.24, 2.45) is 0 Å². The Morgan fingerprint density at radius 2 is 2.20 bits per heavy atom. The lowest BCUT2D eigenvalue weighted by molar-refractivity contribution is -0.0906. The van der Waals surface area contributed by atoms with E-state index in [0.29, 0.717) is 5.54 Å². The van der Waals surface area contributed by atoms with Gasteiger partial charge in [0.2, 0.25) is 0 Å². The Balaban J connectivity index is 2.16. The predicted octanol–water partition coefficient (Wildman–Crippen LogP) is 0.441. The molecule has 0 saturated carbocycles. The van der Waals surface area contributed by atoms with Crippen LogP contribution in [0.1, 0.15) is 20.8 Å². The van der Waals surface area contributed by atoms with E-state index in [1.807, 2.05) is 0 Å². The van der Waals surface area contributed by atoms with Gasteiger partial charge in [-0.15, -0.1) is 0 Å². The molecule has 2 nitrogen and oxygen atoms in total. The minimum atomic E-state index is 0.428. The van der Waals surface area contributed by atoms with Crippen LogP contribution >= 0.6 is 0 Å². The third-order valence-corrected chi connectivity index (χ3v) is 3.16. The van der Waals surface area contributed by atoms with E-state index in [2.05, 4.69) is 31.0 Å². The molecule has 3 atom stereocenters. The highest BCUT2D eigenvalue weighted by molar-refractivity contribution is 5.10. The number of hydrogen-bond acceptors (Lipinski definition) is 2. The van der Waals surface area contributed by atoms with Crippen LogP contribution in [0.2, 0.25) is 0 Å². The van der Waals surface area contributed by atoms with Gasteiger partial charge < -0.3 is 5.32 Å². The van der Waals surface area contributed by atoms with Crippen molar-refractivity contribution in [3.63, 3.8) is 0 Å². The fourth-order valence-electron chi connectivity index (χ4n) is 2.23. The normalized spacial score (nSPS) is 50.1. The van der Waals surface area contributed by atoms with Gasteiger partial charge in [-0.05, 0) is 20.8 Å². The van der Waals surface area contributed by atoms with Crippen LogP contribution in [0.3, 0.4) is 0 Å². The molecule has 0 aromatic rings. The molecule has 3 rings (SSSR count). The van der Waals surface area contributed by atoms with Crippen molar-refractivity contribution < 1.29 is 0 Å². The average Bonchev–Trinajstić information content (AvgIpc) is 1.87. The second-order valence-corrected chi connectivity index (χ2v) is 4.12. The van der Waals surface area contributed by atoms with Crippen molar-refractivity contribution in [1.82, 2.24) is 10.2 Å². The summed E-state index contributed by atoms with van der Waals surface area (Å²) in [6, 6.07) is 1.49. The van der Waals surface area contributed by atoms with Gasteiger partial charge >= 0.3 is 0 Å². The van der Waals surface area contributed by atoms with Crippen molar-refractivity contribution in [3.8, 4) is 0 Å². The fraction of sp³-hybridized carbons (Fsp3) is 1.00. The largest absolute Gasteiger partial charge is 0.309 e. The van der Waals surface area contributed by atoms with Crippen molar-refractivity contribution >= 4 is 0 Å². The molecule has 2 bridgehead atoms. The molecule has 3 unspecified atom stereocenters. The maximum Gasteiger partial charge on any atom is 0.0376 e. The smallest absolute Gasteiger partial charge is 0.0376 e. The maximum atomic E-state index is 3.55. The van der Waals surface area contributed by atoms with Crippen LogP contribution in [0, 0.1) is 0 Å². The Kier molecular flexibility index (Phi) is 1.15. The van der Waals surface area contributed by atoms with Gasteiger partial charge in [0.15, 0.2) is 0 Å². The van der Waals surface area contributed by atoms with E-state index in [1.54, 1.807) is 0 Å². The number of nitrogens with one attached hydrogen (secondary N) is 1. The zero-order chi connectivity index (χ0) is 7.35. The number of hydrogen-bond donors (Lipinski definition) is 1. The summed E-state index contributed by atoms with van der Waals surface area (Å²) >= 11 is 0. The number of piperazine rings is 2. The zero-order valence-corrected chi connectivity index (χ0v) is 7.02. The molecule has 0 amide bonds. The van der Waals surface area contributed by atoms with Crippen molar-refractivity contribution in [2.45, 2.75) is 38.4 Å². The Morgan fingerprint density at radius 3 is 2.50 bits per heavy atom. The first-order chi connectivity index (χ1) is 4.62. The monoisotopic (exact) mass is 140 g/mol. The first-order valence-corrected chi connectivity index (χ1v) is 4.12. The van der Waals surface area contributed by atoms with Gasteiger partial charge in [-0.2, -0.15) is 0 Å². The van der Waals surface area contributed by atoms with Gasteiger partial charge in [0.05, 0.1) is 0 Å². The van der Waals surface area contributed by atoms with E-state index in [4.69, 9.17) is 0 Å². The molecule has 3 fully saturated rings. The molecular weight excluding hydrogens is 124 g/mol. The molecule has 3 heterocycles. The summed E-state index contributed by atoms with van der Waals surface area (Å²) in [4.78, 5) is 2.58. The highest BCUT2D eigenvalue weighted by atomic mass is 15.4. The second kappa shape index (κ2) is 1.74. The van der Waals surface area contributed by atoms with Gasteiger partial charge in [-0.25, -0.2) is 0 Å². The van der Waals surface area contributed by atoms with Crippen LogP contribution in [0.5, 0.6) is 0 Å². The molecule has 0 aromatic carbocycles. The van der Waals surface area contributed by atoms with E-state index >= 15 is 0 Å². The van der Waals surface area contributed by atoms with Gasteiger partial charge in [0.25, 0.3) is 0 Å². The standard InChI is InChI=1S/C8H16N2/c1-6-4-9-7-5-10(6)8(7,2)3/h6-7,9H,4-5H2,1-3H3. The topological polar surface area (TPSA) is 15.3 Å². The fourth-order valence-corrected chi connectivity index (χ4v) is 2.23. The SMILES string of the molecule is CC1CNC2CN1C2(C)C. The Labute approximate surface area is 62.6 Å². The molecule has 0 spiro atoms. The molecule has 10 heavy (non-hydrogen) atoms. The molecule has 0 aliphatic carbocycles. The summed E-state index contributed by atoms with van der Waals surface area (Å²) in [5, 5.41) is 3.55. The molecule has 0 radical (unpaired) electrons. The summed E-state index contributed by atoms with van der Waals surface area (Å²) in [5.41, 5.74) is 0.428. The second-order valence-electron chi connectivity index (χ2n) is 4.12. The molecule has 3 aliphatic rings. The van der Waals surface area contributed by atoms with E-state index in [9.17, 15) is 0 Å². The lowest BCUT2D eigenvalue weighted by Crippen LogP contribution is -2.80. The van der Waals surface area contributed by atoms with Gasteiger partial charge in [0.1, 0.15) is 0 Å². The molecule has 2 heteroatoms. The Hall–Kier alpha value is -0.0800. The van der Waals surface area contributed by atoms with Gasteiger partial charge in [0, 0.05) is 30.7 Å². The quantitative estimate of drug-likeness (QED) is 0.525. The zero-order valence-electron chi connectivity index (χ0n) is 7.02. The van der Waals surface area contributed by atoms with Crippen LogP contribution in [0.4, 0.5) is 0 Å². The van der Waals surface area contributed by atoms with E-state index in [-0.39, 0.29) is 0 Å². The summed E-state index contributed by atoms with van der Waals surface area (Å²) in [7, 11) is 0. The number of nitrogens with zero attached hydrogens (tertiary/aromatic N) is 1. The minimum Gasteiger partial charge on any atom is -0.309 e. The third-order valence-electron chi connectivity index (χ3n) is 3.16. The number of fused-ring (bicyclic) bond motifs is 2. The van der Waals surface area contributed by atoms with Crippen LogP contribution in [0.25, 0.3) is 0 Å². The first kappa shape index (κ1) is 6.62. The van der Waals surface area contributed by atoms with Crippen molar-refractivity contribution in [1.29, 1.82) is 0 Å². The predicted molar refractivity (Wildman–Crippen MR) is 42.0 cm³/mol. The van der Waals surface area contributed by atoms with Gasteiger partial charge in [-0.1, -0.05) is 0 Å².